The smallest absolute Gasteiger partial charge is 0.189 e. The van der Waals surface area contributed by atoms with Gasteiger partial charge in [-0.3, -0.25) is 0 Å². The van der Waals surface area contributed by atoms with Gasteiger partial charge in [0.1, 0.15) is 17.4 Å². The SMILES string of the molecule is COc1ccc(Nc2nc(SC)nc(-c3ccc(C)cc3)c2C#N)cc1. The van der Waals surface area contributed by atoms with E-state index in [4.69, 9.17) is 4.74 Å². The normalized spacial score (nSPS) is 10.2. The van der Waals surface area contributed by atoms with Gasteiger partial charge in [-0.25, -0.2) is 9.97 Å². The van der Waals surface area contributed by atoms with E-state index in [1.165, 1.54) is 11.8 Å². The fourth-order valence-corrected chi connectivity index (χ4v) is 2.82. The summed E-state index contributed by atoms with van der Waals surface area (Å²) in [6.07, 6.45) is 1.91. The first-order valence-electron chi connectivity index (χ1n) is 7.99. The Balaban J connectivity index is 2.07. The molecule has 1 N–H and O–H groups in total. The molecule has 0 saturated heterocycles. The summed E-state index contributed by atoms with van der Waals surface area (Å²) in [5.41, 5.74) is 3.92. The van der Waals surface area contributed by atoms with Crippen LogP contribution in [-0.2, 0) is 0 Å². The Morgan fingerprint density at radius 1 is 1.04 bits per heavy atom. The highest BCUT2D eigenvalue weighted by Gasteiger charge is 2.16. The number of rotatable bonds is 5. The lowest BCUT2D eigenvalue weighted by Gasteiger charge is -2.12. The fraction of sp³-hybridized carbons (Fsp3) is 0.150. The highest BCUT2D eigenvalue weighted by Crippen LogP contribution is 2.30. The van der Waals surface area contributed by atoms with E-state index >= 15 is 0 Å². The van der Waals surface area contributed by atoms with E-state index < -0.39 is 0 Å². The number of ether oxygens (including phenoxy) is 1. The Labute approximate surface area is 157 Å². The van der Waals surface area contributed by atoms with Gasteiger partial charge in [0.2, 0.25) is 0 Å². The lowest BCUT2D eigenvalue weighted by molar-refractivity contribution is 0.415. The number of anilines is 2. The Morgan fingerprint density at radius 2 is 1.73 bits per heavy atom. The molecule has 26 heavy (non-hydrogen) atoms. The van der Waals surface area contributed by atoms with E-state index in [-0.39, 0.29) is 0 Å². The van der Waals surface area contributed by atoms with E-state index in [2.05, 4.69) is 21.4 Å². The first kappa shape index (κ1) is 17.8. The van der Waals surface area contributed by atoms with Gasteiger partial charge in [-0.15, -0.1) is 0 Å². The molecule has 0 radical (unpaired) electrons. The molecule has 0 spiro atoms. The summed E-state index contributed by atoms with van der Waals surface area (Å²) >= 11 is 1.44. The number of benzene rings is 2. The third-order valence-electron chi connectivity index (χ3n) is 3.86. The molecular formula is C20H18N4OS. The molecule has 130 valence electrons. The largest absolute Gasteiger partial charge is 0.497 e. The lowest BCUT2D eigenvalue weighted by atomic mass is 10.1. The maximum Gasteiger partial charge on any atom is 0.189 e. The van der Waals surface area contributed by atoms with Gasteiger partial charge in [-0.1, -0.05) is 41.6 Å². The molecule has 0 aliphatic rings. The van der Waals surface area contributed by atoms with Crippen LogP contribution in [-0.4, -0.2) is 23.3 Å². The highest BCUT2D eigenvalue weighted by molar-refractivity contribution is 7.98. The predicted molar refractivity (Wildman–Crippen MR) is 105 cm³/mol. The van der Waals surface area contributed by atoms with Crippen LogP contribution in [0.4, 0.5) is 11.5 Å². The monoisotopic (exact) mass is 362 g/mol. The van der Waals surface area contributed by atoms with Crippen LogP contribution in [0.1, 0.15) is 11.1 Å². The van der Waals surface area contributed by atoms with Crippen molar-refractivity contribution in [1.82, 2.24) is 9.97 Å². The summed E-state index contributed by atoms with van der Waals surface area (Å²) in [5.74, 6) is 1.26. The minimum atomic E-state index is 0.419. The second-order valence-corrected chi connectivity index (χ2v) is 6.39. The molecule has 1 heterocycles. The molecule has 1 aromatic heterocycles. The van der Waals surface area contributed by atoms with Crippen molar-refractivity contribution in [2.75, 3.05) is 18.7 Å². The quantitative estimate of drug-likeness (QED) is 0.519. The number of hydrogen-bond acceptors (Lipinski definition) is 6. The summed E-state index contributed by atoms with van der Waals surface area (Å²) < 4.78 is 5.18. The summed E-state index contributed by atoms with van der Waals surface area (Å²) in [5, 5.41) is 13.6. The molecule has 6 heteroatoms. The van der Waals surface area contributed by atoms with Gasteiger partial charge < -0.3 is 10.1 Å². The van der Waals surface area contributed by atoms with Crippen molar-refractivity contribution in [2.24, 2.45) is 0 Å². The zero-order valence-corrected chi connectivity index (χ0v) is 15.6. The molecule has 3 rings (SSSR count). The molecule has 0 aliphatic carbocycles. The number of nitriles is 1. The molecule has 0 aliphatic heterocycles. The van der Waals surface area contributed by atoms with Gasteiger partial charge in [0.15, 0.2) is 11.0 Å². The molecule has 0 unspecified atom stereocenters. The van der Waals surface area contributed by atoms with Gasteiger partial charge >= 0.3 is 0 Å². The summed E-state index contributed by atoms with van der Waals surface area (Å²) in [6, 6.07) is 17.7. The Bertz CT molecular complexity index is 947. The van der Waals surface area contributed by atoms with Gasteiger partial charge in [0, 0.05) is 11.3 Å². The van der Waals surface area contributed by atoms with Crippen LogP contribution in [0.5, 0.6) is 5.75 Å². The molecule has 0 bridgehead atoms. The highest BCUT2D eigenvalue weighted by atomic mass is 32.2. The molecule has 0 fully saturated rings. The van der Waals surface area contributed by atoms with Crippen LogP contribution in [0.15, 0.2) is 53.7 Å². The topological polar surface area (TPSA) is 70.8 Å². The van der Waals surface area contributed by atoms with Crippen molar-refractivity contribution in [1.29, 1.82) is 5.26 Å². The van der Waals surface area contributed by atoms with Crippen molar-refractivity contribution in [3.63, 3.8) is 0 Å². The maximum absolute atomic E-state index is 9.74. The van der Waals surface area contributed by atoms with Crippen molar-refractivity contribution >= 4 is 23.3 Å². The lowest BCUT2D eigenvalue weighted by Crippen LogP contribution is -2.03. The van der Waals surface area contributed by atoms with Crippen molar-refractivity contribution in [2.45, 2.75) is 12.1 Å². The zero-order chi connectivity index (χ0) is 18.5. The van der Waals surface area contributed by atoms with Gasteiger partial charge in [0.25, 0.3) is 0 Å². The zero-order valence-electron chi connectivity index (χ0n) is 14.8. The van der Waals surface area contributed by atoms with Crippen LogP contribution in [0.3, 0.4) is 0 Å². The van der Waals surface area contributed by atoms with Gasteiger partial charge in [-0.05, 0) is 37.4 Å². The Kier molecular flexibility index (Phi) is 5.40. The Morgan fingerprint density at radius 3 is 2.31 bits per heavy atom. The van der Waals surface area contributed by atoms with Crippen LogP contribution in [0.25, 0.3) is 11.3 Å². The van der Waals surface area contributed by atoms with E-state index in [1.807, 2.05) is 61.7 Å². The molecule has 2 aromatic carbocycles. The third-order valence-corrected chi connectivity index (χ3v) is 4.41. The number of methoxy groups -OCH3 is 1. The van der Waals surface area contributed by atoms with E-state index in [1.54, 1.807) is 7.11 Å². The van der Waals surface area contributed by atoms with Crippen LogP contribution < -0.4 is 10.1 Å². The molecular weight excluding hydrogens is 344 g/mol. The molecule has 0 amide bonds. The number of thioether (sulfide) groups is 1. The second kappa shape index (κ2) is 7.89. The summed E-state index contributed by atoms with van der Waals surface area (Å²) in [6.45, 7) is 2.03. The number of aromatic nitrogens is 2. The molecule has 0 saturated carbocycles. The molecule has 0 atom stereocenters. The first-order chi connectivity index (χ1) is 12.6. The van der Waals surface area contributed by atoms with Crippen LogP contribution in [0, 0.1) is 18.3 Å². The number of aryl methyl sites for hydroxylation is 1. The number of nitrogens with one attached hydrogen (secondary N) is 1. The summed E-state index contributed by atoms with van der Waals surface area (Å²) in [4.78, 5) is 9.05. The molecule has 5 nitrogen and oxygen atoms in total. The Hall–Kier alpha value is -3.04. The standard InChI is InChI=1S/C20H18N4OS/c1-13-4-6-14(7-5-13)18-17(12-21)19(24-20(23-18)26-3)22-15-8-10-16(25-2)11-9-15/h4-11H,1-3H3,(H,22,23,24). The van der Waals surface area contributed by atoms with E-state index in [9.17, 15) is 5.26 Å². The van der Waals surface area contributed by atoms with Crippen LogP contribution in [0.2, 0.25) is 0 Å². The minimum Gasteiger partial charge on any atom is -0.497 e. The van der Waals surface area contributed by atoms with Crippen molar-refractivity contribution < 1.29 is 4.74 Å². The predicted octanol–water partition coefficient (Wildman–Crippen LogP) is 4.80. The first-order valence-corrected chi connectivity index (χ1v) is 9.21. The molecule has 3 aromatic rings. The van der Waals surface area contributed by atoms with Gasteiger partial charge in [0.05, 0.1) is 12.8 Å². The van der Waals surface area contributed by atoms with Crippen molar-refractivity contribution in [3.8, 4) is 23.1 Å². The average molecular weight is 362 g/mol. The minimum absolute atomic E-state index is 0.419. The summed E-state index contributed by atoms with van der Waals surface area (Å²) in [7, 11) is 1.62. The number of nitrogens with zero attached hydrogens (tertiary/aromatic N) is 3. The van der Waals surface area contributed by atoms with E-state index in [0.717, 1.165) is 22.6 Å². The maximum atomic E-state index is 9.74. The fourth-order valence-electron chi connectivity index (χ4n) is 2.46. The van der Waals surface area contributed by atoms with E-state index in [0.29, 0.717) is 22.2 Å². The second-order valence-electron chi connectivity index (χ2n) is 5.61. The average Bonchev–Trinajstić information content (AvgIpc) is 2.68. The van der Waals surface area contributed by atoms with Crippen LogP contribution >= 0.6 is 11.8 Å². The number of hydrogen-bond donors (Lipinski definition) is 1. The van der Waals surface area contributed by atoms with Gasteiger partial charge in [-0.2, -0.15) is 5.26 Å². The third kappa shape index (κ3) is 3.79. The van der Waals surface area contributed by atoms with Crippen molar-refractivity contribution in [3.05, 3.63) is 59.7 Å².